The van der Waals surface area contributed by atoms with Gasteiger partial charge in [0.05, 0.1) is 0 Å². The fraction of sp³-hybridized carbons (Fsp3) is 0.789. The van der Waals surface area contributed by atoms with Crippen LogP contribution in [0, 0.1) is 25.2 Å². The van der Waals surface area contributed by atoms with Crippen LogP contribution in [0.15, 0.2) is 6.07 Å². The molecule has 1 N–H and O–H groups in total. The van der Waals surface area contributed by atoms with Crippen molar-refractivity contribution in [1.29, 1.82) is 0 Å². The van der Waals surface area contributed by atoms with Gasteiger partial charge in [0.2, 0.25) is 0 Å². The Bertz CT molecular complexity index is 465. The molecule has 21 heavy (non-hydrogen) atoms. The molecule has 1 aromatic rings. The fourth-order valence-electron chi connectivity index (χ4n) is 4.19. The maximum atomic E-state index is 3.89. The van der Waals surface area contributed by atoms with Gasteiger partial charge >= 0.3 is 0 Å². The van der Waals surface area contributed by atoms with Gasteiger partial charge in [-0.3, -0.25) is 0 Å². The van der Waals surface area contributed by atoms with Crippen molar-refractivity contribution in [3.05, 3.63) is 23.0 Å². The second-order valence-electron chi connectivity index (χ2n) is 7.88. The van der Waals surface area contributed by atoms with Crippen molar-refractivity contribution < 1.29 is 0 Å². The van der Waals surface area contributed by atoms with Crippen LogP contribution < -0.4 is 5.32 Å². The molecule has 0 bridgehead atoms. The largest absolute Gasteiger partial charge is 0.349 e. The van der Waals surface area contributed by atoms with Crippen molar-refractivity contribution in [2.24, 2.45) is 11.3 Å². The second kappa shape index (κ2) is 6.56. The molecule has 1 fully saturated rings. The lowest BCUT2D eigenvalue weighted by Gasteiger charge is -2.41. The SMILES string of the molecule is CCn1c(C)cc(CNC2CCCCC2C(C)(C)C)c1C. The maximum absolute atomic E-state index is 3.89. The van der Waals surface area contributed by atoms with E-state index in [1.54, 1.807) is 0 Å². The molecular formula is C19H34N2. The molecule has 0 aromatic carbocycles. The van der Waals surface area contributed by atoms with E-state index in [0.717, 1.165) is 19.0 Å². The van der Waals surface area contributed by atoms with E-state index in [1.807, 2.05) is 0 Å². The lowest BCUT2D eigenvalue weighted by atomic mass is 9.69. The van der Waals surface area contributed by atoms with Crippen LogP contribution in [0.1, 0.15) is 70.3 Å². The van der Waals surface area contributed by atoms with Gasteiger partial charge in [-0.15, -0.1) is 0 Å². The highest BCUT2D eigenvalue weighted by molar-refractivity contribution is 5.26. The first kappa shape index (κ1) is 16.6. The molecule has 2 nitrogen and oxygen atoms in total. The minimum absolute atomic E-state index is 0.415. The standard InChI is InChI=1S/C19H34N2/c1-7-21-14(2)12-16(15(21)3)13-20-18-11-9-8-10-17(18)19(4,5)6/h12,17-18,20H,7-11,13H2,1-6H3. The molecule has 0 aliphatic heterocycles. The topological polar surface area (TPSA) is 17.0 Å². The highest BCUT2D eigenvalue weighted by Gasteiger charge is 2.33. The van der Waals surface area contributed by atoms with Crippen molar-refractivity contribution in [1.82, 2.24) is 9.88 Å². The van der Waals surface area contributed by atoms with Gasteiger partial charge in [-0.05, 0) is 56.6 Å². The van der Waals surface area contributed by atoms with Crippen LogP contribution in [-0.2, 0) is 13.1 Å². The minimum atomic E-state index is 0.415. The molecule has 0 amide bonds. The van der Waals surface area contributed by atoms with E-state index in [4.69, 9.17) is 0 Å². The molecule has 120 valence electrons. The summed E-state index contributed by atoms with van der Waals surface area (Å²) in [5.74, 6) is 0.806. The number of hydrogen-bond acceptors (Lipinski definition) is 1. The number of hydrogen-bond donors (Lipinski definition) is 1. The van der Waals surface area contributed by atoms with E-state index in [1.165, 1.54) is 42.6 Å². The Morgan fingerprint density at radius 2 is 1.86 bits per heavy atom. The molecule has 2 unspecified atom stereocenters. The third kappa shape index (κ3) is 3.71. The molecule has 0 spiro atoms. The van der Waals surface area contributed by atoms with Crippen molar-refractivity contribution in [2.75, 3.05) is 0 Å². The van der Waals surface area contributed by atoms with Crippen LogP contribution in [-0.4, -0.2) is 10.6 Å². The quantitative estimate of drug-likeness (QED) is 0.841. The van der Waals surface area contributed by atoms with Crippen molar-refractivity contribution in [3.8, 4) is 0 Å². The van der Waals surface area contributed by atoms with Crippen LogP contribution >= 0.6 is 0 Å². The van der Waals surface area contributed by atoms with Gasteiger partial charge in [-0.25, -0.2) is 0 Å². The van der Waals surface area contributed by atoms with E-state index in [0.29, 0.717) is 11.5 Å². The lowest BCUT2D eigenvalue weighted by molar-refractivity contribution is 0.130. The van der Waals surface area contributed by atoms with Crippen LogP contribution in [0.25, 0.3) is 0 Å². The summed E-state index contributed by atoms with van der Waals surface area (Å²) in [7, 11) is 0. The third-order valence-electron chi connectivity index (χ3n) is 5.43. The Labute approximate surface area is 131 Å². The van der Waals surface area contributed by atoms with E-state index in [2.05, 4.69) is 57.5 Å². The Kier molecular flexibility index (Phi) is 5.19. The summed E-state index contributed by atoms with van der Waals surface area (Å²) in [5, 5.41) is 3.89. The monoisotopic (exact) mass is 290 g/mol. The molecule has 2 atom stereocenters. The molecule has 0 saturated heterocycles. The number of rotatable bonds is 4. The van der Waals surface area contributed by atoms with Gasteiger partial charge in [0.15, 0.2) is 0 Å². The zero-order valence-corrected chi connectivity index (χ0v) is 14.9. The number of nitrogens with zero attached hydrogens (tertiary/aromatic N) is 1. The van der Waals surface area contributed by atoms with Gasteiger partial charge in [0.25, 0.3) is 0 Å². The molecule has 2 rings (SSSR count). The number of aryl methyl sites for hydroxylation is 1. The van der Waals surface area contributed by atoms with Gasteiger partial charge in [0, 0.05) is 30.5 Å². The van der Waals surface area contributed by atoms with Crippen molar-refractivity contribution in [3.63, 3.8) is 0 Å². The first-order valence-corrected chi connectivity index (χ1v) is 8.73. The summed E-state index contributed by atoms with van der Waals surface area (Å²) in [6.45, 7) is 16.0. The lowest BCUT2D eigenvalue weighted by Crippen LogP contribution is -2.43. The Hall–Kier alpha value is -0.760. The van der Waals surface area contributed by atoms with Crippen LogP contribution in [0.2, 0.25) is 0 Å². The average Bonchev–Trinajstić information content (AvgIpc) is 2.70. The molecule has 2 heteroatoms. The summed E-state index contributed by atoms with van der Waals surface area (Å²) in [6, 6.07) is 3.05. The van der Waals surface area contributed by atoms with Gasteiger partial charge in [-0.1, -0.05) is 33.6 Å². The van der Waals surface area contributed by atoms with E-state index in [9.17, 15) is 0 Å². The fourth-order valence-corrected chi connectivity index (χ4v) is 4.19. The Morgan fingerprint density at radius 3 is 2.43 bits per heavy atom. The summed E-state index contributed by atoms with van der Waals surface area (Å²) in [5.41, 5.74) is 4.72. The second-order valence-corrected chi connectivity index (χ2v) is 7.88. The number of aromatic nitrogens is 1. The summed E-state index contributed by atoms with van der Waals surface area (Å²) in [6.07, 6.45) is 5.52. The summed E-state index contributed by atoms with van der Waals surface area (Å²) in [4.78, 5) is 0. The average molecular weight is 290 g/mol. The van der Waals surface area contributed by atoms with Crippen molar-refractivity contribution in [2.45, 2.75) is 86.4 Å². The molecule has 1 heterocycles. The zero-order chi connectivity index (χ0) is 15.6. The highest BCUT2D eigenvalue weighted by Crippen LogP contribution is 2.38. The number of nitrogens with one attached hydrogen (secondary N) is 1. The van der Waals surface area contributed by atoms with Crippen LogP contribution in [0.5, 0.6) is 0 Å². The molecule has 1 aromatic heterocycles. The van der Waals surface area contributed by atoms with Crippen LogP contribution in [0.4, 0.5) is 0 Å². The van der Waals surface area contributed by atoms with Gasteiger partial charge in [-0.2, -0.15) is 0 Å². The smallest absolute Gasteiger partial charge is 0.0226 e. The highest BCUT2D eigenvalue weighted by atomic mass is 15.0. The Morgan fingerprint density at radius 1 is 1.19 bits per heavy atom. The van der Waals surface area contributed by atoms with E-state index >= 15 is 0 Å². The maximum Gasteiger partial charge on any atom is 0.0226 e. The normalized spacial score (nSPS) is 23.5. The van der Waals surface area contributed by atoms with E-state index < -0.39 is 0 Å². The molecule has 1 aliphatic carbocycles. The van der Waals surface area contributed by atoms with E-state index in [-0.39, 0.29) is 0 Å². The van der Waals surface area contributed by atoms with Crippen molar-refractivity contribution >= 4 is 0 Å². The molecule has 1 aliphatic rings. The summed E-state index contributed by atoms with van der Waals surface area (Å²) < 4.78 is 2.42. The molecule has 1 saturated carbocycles. The first-order chi connectivity index (χ1) is 9.84. The minimum Gasteiger partial charge on any atom is -0.349 e. The molecule has 0 radical (unpaired) electrons. The van der Waals surface area contributed by atoms with Crippen LogP contribution in [0.3, 0.4) is 0 Å². The molecular weight excluding hydrogens is 256 g/mol. The Balaban J connectivity index is 2.04. The third-order valence-corrected chi connectivity index (χ3v) is 5.43. The predicted octanol–water partition coefficient (Wildman–Crippen LogP) is 4.82. The van der Waals surface area contributed by atoms with Gasteiger partial charge < -0.3 is 9.88 Å². The summed E-state index contributed by atoms with van der Waals surface area (Å²) >= 11 is 0. The predicted molar refractivity (Wildman–Crippen MR) is 91.6 cm³/mol. The zero-order valence-electron chi connectivity index (χ0n) is 14.9. The first-order valence-electron chi connectivity index (χ1n) is 8.73. The van der Waals surface area contributed by atoms with Gasteiger partial charge in [0.1, 0.15) is 0 Å².